The van der Waals surface area contributed by atoms with Crippen LogP contribution in [0.1, 0.15) is 30.6 Å². The molecule has 0 aliphatic carbocycles. The first kappa shape index (κ1) is 13.6. The van der Waals surface area contributed by atoms with Crippen LogP contribution in [-0.4, -0.2) is 12.5 Å². The average Bonchev–Trinajstić information content (AvgIpc) is 2.19. The number of primary amides is 1. The molecule has 1 amide bonds. The van der Waals surface area contributed by atoms with Gasteiger partial charge in [0.15, 0.2) is 0 Å². The highest BCUT2D eigenvalue weighted by atomic mass is 35.5. The number of nitrogen functional groups attached to an aromatic ring is 1. The maximum Gasteiger partial charge on any atom is 0.250 e. The van der Waals surface area contributed by atoms with Crippen molar-refractivity contribution < 1.29 is 4.79 Å². The van der Waals surface area contributed by atoms with E-state index in [4.69, 9.17) is 23.1 Å². The molecular weight excluding hydrogens is 238 g/mol. The summed E-state index contributed by atoms with van der Waals surface area (Å²) in [6.07, 6.45) is 0.985. The smallest absolute Gasteiger partial charge is 0.250 e. The second-order valence-corrected chi connectivity index (χ2v) is 4.81. The lowest BCUT2D eigenvalue weighted by Gasteiger charge is -2.13. The zero-order chi connectivity index (χ0) is 13.0. The van der Waals surface area contributed by atoms with Gasteiger partial charge in [0.2, 0.25) is 0 Å². The van der Waals surface area contributed by atoms with Gasteiger partial charge in [-0.1, -0.05) is 25.4 Å². The van der Waals surface area contributed by atoms with Gasteiger partial charge in [-0.3, -0.25) is 4.79 Å². The molecule has 5 heteroatoms. The van der Waals surface area contributed by atoms with Crippen molar-refractivity contribution in [1.29, 1.82) is 0 Å². The molecule has 0 aliphatic rings. The van der Waals surface area contributed by atoms with E-state index in [1.807, 2.05) is 0 Å². The van der Waals surface area contributed by atoms with E-state index in [2.05, 4.69) is 19.2 Å². The summed E-state index contributed by atoms with van der Waals surface area (Å²) in [4.78, 5) is 11.3. The molecule has 0 atom stereocenters. The maximum atomic E-state index is 11.3. The Morgan fingerprint density at radius 3 is 2.65 bits per heavy atom. The van der Waals surface area contributed by atoms with Gasteiger partial charge in [0.05, 0.1) is 16.3 Å². The molecule has 5 N–H and O–H groups in total. The number of benzene rings is 1. The van der Waals surface area contributed by atoms with E-state index in [1.165, 1.54) is 6.07 Å². The van der Waals surface area contributed by atoms with Gasteiger partial charge in [-0.2, -0.15) is 0 Å². The Labute approximate surface area is 106 Å². The Hall–Kier alpha value is -1.42. The predicted molar refractivity (Wildman–Crippen MR) is 72.3 cm³/mol. The highest BCUT2D eigenvalue weighted by Crippen LogP contribution is 2.29. The number of hydrogen-bond acceptors (Lipinski definition) is 3. The number of amides is 1. The molecule has 0 aromatic heterocycles. The summed E-state index contributed by atoms with van der Waals surface area (Å²) in [5.41, 5.74) is 12.2. The van der Waals surface area contributed by atoms with Crippen LogP contribution in [0.15, 0.2) is 12.1 Å². The van der Waals surface area contributed by atoms with Gasteiger partial charge < -0.3 is 16.8 Å². The van der Waals surface area contributed by atoms with Crippen molar-refractivity contribution in [3.8, 4) is 0 Å². The van der Waals surface area contributed by atoms with E-state index in [9.17, 15) is 4.79 Å². The van der Waals surface area contributed by atoms with Crippen LogP contribution in [0.5, 0.6) is 0 Å². The van der Waals surface area contributed by atoms with E-state index in [1.54, 1.807) is 6.07 Å². The third kappa shape index (κ3) is 3.82. The van der Waals surface area contributed by atoms with E-state index < -0.39 is 5.91 Å². The van der Waals surface area contributed by atoms with Crippen LogP contribution >= 0.6 is 11.6 Å². The Bertz CT molecular complexity index is 418. The third-order valence-electron chi connectivity index (χ3n) is 2.40. The van der Waals surface area contributed by atoms with Crippen LogP contribution < -0.4 is 16.8 Å². The monoisotopic (exact) mass is 255 g/mol. The fraction of sp³-hybridized carbons (Fsp3) is 0.417. The van der Waals surface area contributed by atoms with Crippen molar-refractivity contribution >= 4 is 28.9 Å². The number of carbonyl (C=O) groups excluding carboxylic acids is 1. The van der Waals surface area contributed by atoms with Gasteiger partial charge in [0.1, 0.15) is 0 Å². The van der Waals surface area contributed by atoms with Gasteiger partial charge >= 0.3 is 0 Å². The van der Waals surface area contributed by atoms with E-state index in [-0.39, 0.29) is 0 Å². The summed E-state index contributed by atoms with van der Waals surface area (Å²) >= 11 is 6.04. The minimum absolute atomic E-state index is 0.332. The first-order valence-electron chi connectivity index (χ1n) is 5.54. The molecule has 17 heavy (non-hydrogen) atoms. The van der Waals surface area contributed by atoms with Crippen molar-refractivity contribution in [1.82, 2.24) is 0 Å². The summed E-state index contributed by atoms with van der Waals surface area (Å²) in [7, 11) is 0. The van der Waals surface area contributed by atoms with Crippen molar-refractivity contribution in [2.45, 2.75) is 20.3 Å². The van der Waals surface area contributed by atoms with Gasteiger partial charge in [-0.05, 0) is 24.5 Å². The van der Waals surface area contributed by atoms with Gasteiger partial charge in [-0.15, -0.1) is 0 Å². The van der Waals surface area contributed by atoms with Crippen molar-refractivity contribution in [2.24, 2.45) is 11.7 Å². The average molecular weight is 256 g/mol. The lowest BCUT2D eigenvalue weighted by Crippen LogP contribution is -2.16. The van der Waals surface area contributed by atoms with Crippen LogP contribution in [0, 0.1) is 5.92 Å². The number of carbonyl (C=O) groups is 1. The predicted octanol–water partition coefficient (Wildman–Crippen LogP) is 2.48. The Morgan fingerprint density at radius 1 is 1.47 bits per heavy atom. The zero-order valence-corrected chi connectivity index (χ0v) is 10.8. The summed E-state index contributed by atoms with van der Waals surface area (Å²) < 4.78 is 0. The van der Waals surface area contributed by atoms with Gasteiger partial charge in [-0.25, -0.2) is 0 Å². The molecule has 0 unspecified atom stereocenters. The van der Waals surface area contributed by atoms with Crippen LogP contribution in [-0.2, 0) is 0 Å². The quantitative estimate of drug-likeness (QED) is 0.707. The molecular formula is C12H18ClN3O. The number of rotatable bonds is 5. The summed E-state index contributed by atoms with van der Waals surface area (Å²) in [6.45, 7) is 4.99. The van der Waals surface area contributed by atoms with Crippen LogP contribution in [0.25, 0.3) is 0 Å². The van der Waals surface area contributed by atoms with Crippen LogP contribution in [0.4, 0.5) is 11.4 Å². The molecule has 0 saturated heterocycles. The largest absolute Gasteiger partial charge is 0.399 e. The molecule has 4 nitrogen and oxygen atoms in total. The Kier molecular flexibility index (Phi) is 4.63. The molecule has 0 fully saturated rings. The van der Waals surface area contributed by atoms with Gasteiger partial charge in [0, 0.05) is 12.2 Å². The highest BCUT2D eigenvalue weighted by Gasteiger charge is 2.12. The molecule has 0 saturated carbocycles. The lowest BCUT2D eigenvalue weighted by molar-refractivity contribution is 0.100. The van der Waals surface area contributed by atoms with Crippen molar-refractivity contribution in [2.75, 3.05) is 17.6 Å². The van der Waals surface area contributed by atoms with E-state index in [0.717, 1.165) is 13.0 Å². The standard InChI is InChI=1S/C12H18ClN3O/c1-7(2)3-4-16-11-9(12(15)17)5-8(14)6-10(11)13/h5-7,16H,3-4,14H2,1-2H3,(H2,15,17). The Morgan fingerprint density at radius 2 is 2.12 bits per heavy atom. The van der Waals surface area contributed by atoms with Crippen LogP contribution in [0.2, 0.25) is 5.02 Å². The van der Waals surface area contributed by atoms with Gasteiger partial charge in [0.25, 0.3) is 5.91 Å². The first-order chi connectivity index (χ1) is 7.91. The fourth-order valence-corrected chi connectivity index (χ4v) is 1.78. The third-order valence-corrected chi connectivity index (χ3v) is 2.70. The minimum atomic E-state index is -0.536. The van der Waals surface area contributed by atoms with Crippen LogP contribution in [0.3, 0.4) is 0 Å². The zero-order valence-electron chi connectivity index (χ0n) is 10.1. The SMILES string of the molecule is CC(C)CCNc1c(Cl)cc(N)cc1C(N)=O. The molecule has 0 spiro atoms. The first-order valence-corrected chi connectivity index (χ1v) is 5.92. The molecule has 0 heterocycles. The Balaban J connectivity index is 2.92. The molecule has 0 bridgehead atoms. The normalized spacial score (nSPS) is 10.6. The highest BCUT2D eigenvalue weighted by molar-refractivity contribution is 6.34. The number of anilines is 2. The molecule has 1 aromatic carbocycles. The summed E-state index contributed by atoms with van der Waals surface area (Å²) in [5, 5.41) is 3.55. The van der Waals surface area contributed by atoms with Crippen molar-refractivity contribution in [3.63, 3.8) is 0 Å². The number of hydrogen-bond donors (Lipinski definition) is 3. The minimum Gasteiger partial charge on any atom is -0.399 e. The second-order valence-electron chi connectivity index (χ2n) is 4.40. The summed E-state index contributed by atoms with van der Waals surface area (Å²) in [5.74, 6) is 0.0401. The molecule has 0 aliphatic heterocycles. The topological polar surface area (TPSA) is 81.1 Å². The number of nitrogens with two attached hydrogens (primary N) is 2. The molecule has 94 valence electrons. The van der Waals surface area contributed by atoms with E-state index >= 15 is 0 Å². The lowest BCUT2D eigenvalue weighted by atomic mass is 10.1. The fourth-order valence-electron chi connectivity index (χ4n) is 1.49. The molecule has 0 radical (unpaired) electrons. The number of halogens is 1. The summed E-state index contributed by atoms with van der Waals surface area (Å²) in [6, 6.07) is 3.14. The maximum absolute atomic E-state index is 11.3. The number of nitrogens with one attached hydrogen (secondary N) is 1. The molecule has 1 aromatic rings. The second kappa shape index (κ2) is 5.77. The molecule has 1 rings (SSSR count). The van der Waals surface area contributed by atoms with Crippen molar-refractivity contribution in [3.05, 3.63) is 22.7 Å². The van der Waals surface area contributed by atoms with E-state index in [0.29, 0.717) is 27.9 Å².